The number of carbonyl (C=O) groups is 1. The topological polar surface area (TPSA) is 67.6 Å². The lowest BCUT2D eigenvalue weighted by atomic mass is 10.00. The zero-order chi connectivity index (χ0) is 23.1. The highest BCUT2D eigenvalue weighted by Crippen LogP contribution is 2.37. The molecule has 0 saturated carbocycles. The van der Waals surface area contributed by atoms with Gasteiger partial charge in [-0.3, -0.25) is 0 Å². The molecule has 5 rings (SSSR count). The fraction of sp³-hybridized carbons (Fsp3) is 0.231. The number of pyridine rings is 1. The van der Waals surface area contributed by atoms with Gasteiger partial charge in [-0.05, 0) is 54.7 Å². The van der Waals surface area contributed by atoms with Crippen molar-refractivity contribution < 1.29 is 14.6 Å². The van der Waals surface area contributed by atoms with Crippen molar-refractivity contribution in [2.45, 2.75) is 33.4 Å². The standard InChI is InChI=1S/C26H24ClN3O3/c1-16-17(2)30(14-18-6-5-9-21(27)12-18)24-22(16)13-23(33-26(31)32)28-25(24)29-11-10-19-7-3-4-8-20(19)15-29/h3-9,12-13H,10-11,14-15H2,1-2H3,(H,31,32). The largest absolute Gasteiger partial charge is 0.512 e. The number of carboxylic acid groups (broad SMARTS) is 1. The maximum atomic E-state index is 11.3. The Labute approximate surface area is 197 Å². The van der Waals surface area contributed by atoms with E-state index < -0.39 is 6.16 Å². The van der Waals surface area contributed by atoms with E-state index in [1.54, 1.807) is 6.07 Å². The van der Waals surface area contributed by atoms with Crippen LogP contribution >= 0.6 is 11.6 Å². The van der Waals surface area contributed by atoms with Crippen molar-refractivity contribution in [3.8, 4) is 5.88 Å². The first-order chi connectivity index (χ1) is 15.9. The summed E-state index contributed by atoms with van der Waals surface area (Å²) in [6.45, 7) is 6.25. The van der Waals surface area contributed by atoms with Gasteiger partial charge in [0.25, 0.3) is 0 Å². The van der Waals surface area contributed by atoms with E-state index in [2.05, 4.69) is 45.6 Å². The highest BCUT2D eigenvalue weighted by molar-refractivity contribution is 6.30. The average Bonchev–Trinajstić information content (AvgIpc) is 3.03. The number of aromatic nitrogens is 2. The van der Waals surface area contributed by atoms with Gasteiger partial charge in [-0.25, -0.2) is 4.79 Å². The number of hydrogen-bond donors (Lipinski definition) is 1. The molecule has 3 heterocycles. The number of hydrogen-bond acceptors (Lipinski definition) is 4. The lowest BCUT2D eigenvalue weighted by Gasteiger charge is -2.31. The fourth-order valence-corrected chi connectivity index (χ4v) is 4.89. The van der Waals surface area contributed by atoms with Gasteiger partial charge in [-0.2, -0.15) is 4.98 Å². The van der Waals surface area contributed by atoms with Crippen LogP contribution in [0, 0.1) is 13.8 Å². The van der Waals surface area contributed by atoms with Gasteiger partial charge in [-0.1, -0.05) is 48.0 Å². The van der Waals surface area contributed by atoms with Crippen molar-refractivity contribution in [1.82, 2.24) is 9.55 Å². The molecule has 0 amide bonds. The summed E-state index contributed by atoms with van der Waals surface area (Å²) in [5, 5.41) is 10.9. The summed E-state index contributed by atoms with van der Waals surface area (Å²) >= 11 is 6.24. The van der Waals surface area contributed by atoms with Crippen molar-refractivity contribution in [3.05, 3.63) is 87.6 Å². The predicted molar refractivity (Wildman–Crippen MR) is 130 cm³/mol. The molecule has 0 atom stereocenters. The Hall–Kier alpha value is -3.51. The van der Waals surface area contributed by atoms with Crippen molar-refractivity contribution in [3.63, 3.8) is 0 Å². The zero-order valence-corrected chi connectivity index (χ0v) is 19.3. The van der Waals surface area contributed by atoms with Crippen molar-refractivity contribution in [2.24, 2.45) is 0 Å². The van der Waals surface area contributed by atoms with E-state index in [1.807, 2.05) is 31.2 Å². The molecule has 1 N–H and O–H groups in total. The summed E-state index contributed by atoms with van der Waals surface area (Å²) in [4.78, 5) is 18.2. The summed E-state index contributed by atoms with van der Waals surface area (Å²) in [6.07, 6.45) is -0.472. The molecule has 2 aromatic heterocycles. The Morgan fingerprint density at radius 1 is 1.12 bits per heavy atom. The lowest BCUT2D eigenvalue weighted by Crippen LogP contribution is -2.31. The second-order valence-corrected chi connectivity index (χ2v) is 8.85. The molecule has 1 aliphatic heterocycles. The summed E-state index contributed by atoms with van der Waals surface area (Å²) < 4.78 is 7.25. The minimum atomic E-state index is -1.37. The highest BCUT2D eigenvalue weighted by atomic mass is 35.5. The van der Waals surface area contributed by atoms with Crippen LogP contribution < -0.4 is 9.64 Å². The second kappa shape index (κ2) is 8.45. The van der Waals surface area contributed by atoms with Gasteiger partial charge in [0.05, 0.1) is 5.52 Å². The van der Waals surface area contributed by atoms with Gasteiger partial charge in [0.15, 0.2) is 5.82 Å². The highest BCUT2D eigenvalue weighted by Gasteiger charge is 2.25. The van der Waals surface area contributed by atoms with E-state index in [4.69, 9.17) is 16.3 Å². The van der Waals surface area contributed by atoms with Gasteiger partial charge < -0.3 is 19.3 Å². The zero-order valence-electron chi connectivity index (χ0n) is 18.5. The molecule has 0 unspecified atom stereocenters. The Morgan fingerprint density at radius 2 is 1.91 bits per heavy atom. The Bertz CT molecular complexity index is 1380. The Kier molecular flexibility index (Phi) is 5.46. The van der Waals surface area contributed by atoms with Crippen LogP contribution in [0.4, 0.5) is 10.6 Å². The van der Waals surface area contributed by atoms with E-state index >= 15 is 0 Å². The van der Waals surface area contributed by atoms with Gasteiger partial charge in [0, 0.05) is 41.8 Å². The van der Waals surface area contributed by atoms with Crippen LogP contribution in [0.2, 0.25) is 5.02 Å². The third kappa shape index (κ3) is 4.02. The monoisotopic (exact) mass is 461 g/mol. The van der Waals surface area contributed by atoms with E-state index in [-0.39, 0.29) is 5.88 Å². The lowest BCUT2D eigenvalue weighted by molar-refractivity contribution is 0.142. The maximum Gasteiger partial charge on any atom is 0.512 e. The predicted octanol–water partition coefficient (Wildman–Crippen LogP) is 5.97. The van der Waals surface area contributed by atoms with Crippen molar-refractivity contribution >= 4 is 34.5 Å². The average molecular weight is 462 g/mol. The molecule has 0 saturated heterocycles. The van der Waals surface area contributed by atoms with Crippen LogP contribution in [0.3, 0.4) is 0 Å². The molecule has 0 spiro atoms. The van der Waals surface area contributed by atoms with Crippen molar-refractivity contribution in [2.75, 3.05) is 11.4 Å². The number of anilines is 1. The van der Waals surface area contributed by atoms with Crippen LogP contribution in [0.15, 0.2) is 54.6 Å². The molecule has 4 aromatic rings. The SMILES string of the molecule is Cc1c(C)n(Cc2cccc(Cl)c2)c2c(N3CCc4ccccc4C3)nc(OC(=O)O)cc12. The van der Waals surface area contributed by atoms with Crippen molar-refractivity contribution in [1.29, 1.82) is 0 Å². The molecule has 7 heteroatoms. The molecular formula is C26H24ClN3O3. The minimum absolute atomic E-state index is 0.0897. The first-order valence-corrected chi connectivity index (χ1v) is 11.3. The van der Waals surface area contributed by atoms with Crippen LogP contribution in [0.1, 0.15) is 27.9 Å². The molecular weight excluding hydrogens is 438 g/mol. The summed E-state index contributed by atoms with van der Waals surface area (Å²) in [5.74, 6) is 0.823. The number of halogens is 1. The third-order valence-electron chi connectivity index (χ3n) is 6.42. The number of rotatable bonds is 4. The molecule has 2 aromatic carbocycles. The van der Waals surface area contributed by atoms with Gasteiger partial charge in [0.1, 0.15) is 0 Å². The normalized spacial score (nSPS) is 13.2. The van der Waals surface area contributed by atoms with Crippen LogP contribution in [0.25, 0.3) is 10.9 Å². The fourth-order valence-electron chi connectivity index (χ4n) is 4.67. The van der Waals surface area contributed by atoms with E-state index in [9.17, 15) is 9.90 Å². The molecule has 0 aliphatic carbocycles. The van der Waals surface area contributed by atoms with Gasteiger partial charge >= 0.3 is 6.16 Å². The smallest absolute Gasteiger partial charge is 0.449 e. The van der Waals surface area contributed by atoms with E-state index in [1.165, 1.54) is 11.1 Å². The molecule has 6 nitrogen and oxygen atoms in total. The summed E-state index contributed by atoms with van der Waals surface area (Å²) in [6, 6.07) is 18.0. The summed E-state index contributed by atoms with van der Waals surface area (Å²) in [7, 11) is 0. The minimum Gasteiger partial charge on any atom is -0.449 e. The Balaban J connectivity index is 1.68. The molecule has 1 aliphatic rings. The van der Waals surface area contributed by atoms with E-state index in [0.717, 1.165) is 46.5 Å². The number of benzene rings is 2. The second-order valence-electron chi connectivity index (χ2n) is 8.41. The number of aryl methyl sites for hydroxylation is 1. The molecule has 33 heavy (non-hydrogen) atoms. The van der Waals surface area contributed by atoms with Gasteiger partial charge in [0.2, 0.25) is 5.88 Å². The number of fused-ring (bicyclic) bond motifs is 2. The van der Waals surface area contributed by atoms with E-state index in [0.29, 0.717) is 18.1 Å². The first-order valence-electron chi connectivity index (χ1n) is 10.9. The van der Waals surface area contributed by atoms with Crippen LogP contribution in [-0.4, -0.2) is 27.4 Å². The third-order valence-corrected chi connectivity index (χ3v) is 6.66. The molecule has 0 radical (unpaired) electrons. The Morgan fingerprint density at radius 3 is 2.67 bits per heavy atom. The van der Waals surface area contributed by atoms with Gasteiger partial charge in [-0.15, -0.1) is 0 Å². The first kappa shape index (κ1) is 21.3. The van der Waals surface area contributed by atoms with Crippen LogP contribution in [0.5, 0.6) is 5.88 Å². The number of ether oxygens (including phenoxy) is 1. The molecule has 0 fully saturated rings. The maximum absolute atomic E-state index is 11.3. The van der Waals surface area contributed by atoms with Crippen LogP contribution in [-0.2, 0) is 19.5 Å². The number of nitrogens with zero attached hydrogens (tertiary/aromatic N) is 3. The quantitative estimate of drug-likeness (QED) is 0.379. The molecule has 0 bridgehead atoms. The molecule has 168 valence electrons. The summed E-state index contributed by atoms with van der Waals surface area (Å²) in [5.41, 5.74) is 6.82.